The molecule has 21 heavy (non-hydrogen) atoms. The van der Waals surface area contributed by atoms with Crippen molar-refractivity contribution in [3.63, 3.8) is 0 Å². The number of amides is 1. The third-order valence-corrected chi connectivity index (χ3v) is 3.72. The van der Waals surface area contributed by atoms with E-state index in [1.807, 2.05) is 20.8 Å². The Bertz CT molecular complexity index is 290. The summed E-state index contributed by atoms with van der Waals surface area (Å²) in [6.45, 7) is 9.45. The van der Waals surface area contributed by atoms with Gasteiger partial charge in [0, 0.05) is 19.6 Å². The predicted octanol–water partition coefficient (Wildman–Crippen LogP) is 1.17. The quantitative estimate of drug-likeness (QED) is 0.654. The Labute approximate surface area is 140 Å². The SMILES string of the molecule is CC(C)(C)[C@H](N)C(=O)NCCCN1CCC(O)CC1.Cl.Cl. The third-order valence-electron chi connectivity index (χ3n) is 3.72. The zero-order valence-corrected chi connectivity index (χ0v) is 14.9. The van der Waals surface area contributed by atoms with Gasteiger partial charge in [-0.3, -0.25) is 4.79 Å². The van der Waals surface area contributed by atoms with Gasteiger partial charge >= 0.3 is 0 Å². The Hall–Kier alpha value is -0.0700. The lowest BCUT2D eigenvalue weighted by Crippen LogP contribution is -2.49. The Kier molecular flexibility index (Phi) is 11.7. The summed E-state index contributed by atoms with van der Waals surface area (Å²) in [5.41, 5.74) is 5.68. The molecule has 1 fully saturated rings. The monoisotopic (exact) mass is 343 g/mol. The van der Waals surface area contributed by atoms with Crippen LogP contribution in [0.5, 0.6) is 0 Å². The molecule has 1 heterocycles. The zero-order valence-electron chi connectivity index (χ0n) is 13.3. The first-order chi connectivity index (χ1) is 8.80. The molecular formula is C14H31Cl2N3O2. The lowest BCUT2D eigenvalue weighted by atomic mass is 9.87. The molecule has 0 unspecified atom stereocenters. The van der Waals surface area contributed by atoms with Crippen LogP contribution in [-0.2, 0) is 4.79 Å². The van der Waals surface area contributed by atoms with Gasteiger partial charge in [0.1, 0.15) is 0 Å². The van der Waals surface area contributed by atoms with Crippen LogP contribution in [0.2, 0.25) is 0 Å². The molecule has 0 bridgehead atoms. The highest BCUT2D eigenvalue weighted by Gasteiger charge is 2.27. The van der Waals surface area contributed by atoms with Crippen molar-refractivity contribution in [3.05, 3.63) is 0 Å². The minimum atomic E-state index is -0.461. The molecular weight excluding hydrogens is 313 g/mol. The van der Waals surface area contributed by atoms with Gasteiger partial charge in [0.2, 0.25) is 5.91 Å². The van der Waals surface area contributed by atoms with E-state index in [4.69, 9.17) is 5.73 Å². The molecule has 4 N–H and O–H groups in total. The summed E-state index contributed by atoms with van der Waals surface area (Å²) in [4.78, 5) is 14.1. The van der Waals surface area contributed by atoms with Crippen LogP contribution >= 0.6 is 24.8 Å². The summed E-state index contributed by atoms with van der Waals surface area (Å²) in [5, 5.41) is 12.3. The Morgan fingerprint density at radius 2 is 1.86 bits per heavy atom. The average Bonchev–Trinajstić information content (AvgIpc) is 2.34. The summed E-state index contributed by atoms with van der Waals surface area (Å²) in [6.07, 6.45) is 2.53. The second-order valence-corrected chi connectivity index (χ2v) is 6.56. The van der Waals surface area contributed by atoms with E-state index in [9.17, 15) is 9.90 Å². The van der Waals surface area contributed by atoms with E-state index in [0.29, 0.717) is 6.54 Å². The molecule has 0 saturated carbocycles. The number of likely N-dealkylation sites (tertiary alicyclic amines) is 1. The second kappa shape index (κ2) is 10.6. The van der Waals surface area contributed by atoms with Crippen LogP contribution in [0, 0.1) is 5.41 Å². The summed E-state index contributed by atoms with van der Waals surface area (Å²) in [6, 6.07) is -0.461. The van der Waals surface area contributed by atoms with Gasteiger partial charge in [-0.2, -0.15) is 0 Å². The van der Waals surface area contributed by atoms with Crippen molar-refractivity contribution in [2.75, 3.05) is 26.2 Å². The van der Waals surface area contributed by atoms with E-state index in [0.717, 1.165) is 38.9 Å². The molecule has 0 aromatic heterocycles. The van der Waals surface area contributed by atoms with Crippen molar-refractivity contribution < 1.29 is 9.90 Å². The van der Waals surface area contributed by atoms with Gasteiger partial charge in [0.05, 0.1) is 12.1 Å². The fourth-order valence-corrected chi connectivity index (χ4v) is 2.16. The topological polar surface area (TPSA) is 78.6 Å². The van der Waals surface area contributed by atoms with E-state index in [2.05, 4.69) is 10.2 Å². The van der Waals surface area contributed by atoms with Crippen molar-refractivity contribution in [2.45, 2.75) is 52.2 Å². The molecule has 1 saturated heterocycles. The van der Waals surface area contributed by atoms with E-state index in [1.165, 1.54) is 0 Å². The predicted molar refractivity (Wildman–Crippen MR) is 91.2 cm³/mol. The molecule has 1 rings (SSSR count). The van der Waals surface area contributed by atoms with Crippen LogP contribution in [0.4, 0.5) is 0 Å². The molecule has 0 aromatic carbocycles. The van der Waals surface area contributed by atoms with Crippen molar-refractivity contribution in [1.82, 2.24) is 10.2 Å². The van der Waals surface area contributed by atoms with Crippen molar-refractivity contribution in [1.29, 1.82) is 0 Å². The van der Waals surface area contributed by atoms with Crippen molar-refractivity contribution >= 4 is 30.7 Å². The number of carbonyl (C=O) groups excluding carboxylic acids is 1. The number of hydrogen-bond donors (Lipinski definition) is 3. The van der Waals surface area contributed by atoms with Crippen LogP contribution in [0.3, 0.4) is 0 Å². The molecule has 0 spiro atoms. The van der Waals surface area contributed by atoms with Crippen molar-refractivity contribution in [3.8, 4) is 0 Å². The molecule has 0 aliphatic carbocycles. The van der Waals surface area contributed by atoms with Crippen LogP contribution < -0.4 is 11.1 Å². The lowest BCUT2D eigenvalue weighted by Gasteiger charge is -2.29. The van der Waals surface area contributed by atoms with Gasteiger partial charge in [0.25, 0.3) is 0 Å². The molecule has 0 aromatic rings. The highest BCUT2D eigenvalue weighted by molar-refractivity contribution is 5.85. The average molecular weight is 344 g/mol. The number of nitrogens with zero attached hydrogens (tertiary/aromatic N) is 1. The van der Waals surface area contributed by atoms with E-state index in [1.54, 1.807) is 0 Å². The number of halogens is 2. The fourth-order valence-electron chi connectivity index (χ4n) is 2.16. The lowest BCUT2D eigenvalue weighted by molar-refractivity contribution is -0.124. The number of aliphatic hydroxyl groups is 1. The number of rotatable bonds is 5. The Morgan fingerprint density at radius 3 is 2.33 bits per heavy atom. The molecule has 1 atom stereocenters. The Balaban J connectivity index is 0. The normalized spacial score (nSPS) is 18.3. The molecule has 5 nitrogen and oxygen atoms in total. The van der Waals surface area contributed by atoms with Gasteiger partial charge in [-0.05, 0) is 31.2 Å². The van der Waals surface area contributed by atoms with E-state index in [-0.39, 0.29) is 42.2 Å². The fraction of sp³-hybridized carbons (Fsp3) is 0.929. The minimum Gasteiger partial charge on any atom is -0.393 e. The molecule has 1 aliphatic heterocycles. The maximum absolute atomic E-state index is 11.8. The summed E-state index contributed by atoms with van der Waals surface area (Å²) < 4.78 is 0. The van der Waals surface area contributed by atoms with Crippen LogP contribution in [0.15, 0.2) is 0 Å². The standard InChI is InChI=1S/C14H29N3O2.2ClH/c1-14(2,3)12(15)13(19)16-7-4-8-17-9-5-11(18)6-10-17;;/h11-12,18H,4-10,15H2,1-3H3,(H,16,19);2*1H/t12-;;/m1../s1. The summed E-state index contributed by atoms with van der Waals surface area (Å²) in [7, 11) is 0. The van der Waals surface area contributed by atoms with Gasteiger partial charge in [0.15, 0.2) is 0 Å². The van der Waals surface area contributed by atoms with Crippen LogP contribution in [0.1, 0.15) is 40.0 Å². The van der Waals surface area contributed by atoms with Crippen LogP contribution in [-0.4, -0.2) is 54.2 Å². The number of carbonyl (C=O) groups is 1. The Morgan fingerprint density at radius 1 is 1.33 bits per heavy atom. The number of nitrogens with two attached hydrogens (primary N) is 1. The van der Waals surface area contributed by atoms with Gasteiger partial charge in [-0.15, -0.1) is 24.8 Å². The number of nitrogens with one attached hydrogen (secondary N) is 1. The largest absolute Gasteiger partial charge is 0.393 e. The first-order valence-corrected chi connectivity index (χ1v) is 7.24. The third kappa shape index (κ3) is 8.83. The van der Waals surface area contributed by atoms with Gasteiger partial charge < -0.3 is 21.1 Å². The molecule has 1 aliphatic rings. The number of aliphatic hydroxyl groups excluding tert-OH is 1. The van der Waals surface area contributed by atoms with Crippen LogP contribution in [0.25, 0.3) is 0 Å². The van der Waals surface area contributed by atoms with E-state index < -0.39 is 6.04 Å². The smallest absolute Gasteiger partial charge is 0.237 e. The highest BCUT2D eigenvalue weighted by atomic mass is 35.5. The van der Waals surface area contributed by atoms with Gasteiger partial charge in [-0.1, -0.05) is 20.8 Å². The number of piperidine rings is 1. The molecule has 1 amide bonds. The van der Waals surface area contributed by atoms with E-state index >= 15 is 0 Å². The highest BCUT2D eigenvalue weighted by Crippen LogP contribution is 2.17. The van der Waals surface area contributed by atoms with Crippen molar-refractivity contribution in [2.24, 2.45) is 11.1 Å². The maximum Gasteiger partial charge on any atom is 0.237 e. The first-order valence-electron chi connectivity index (χ1n) is 7.24. The molecule has 128 valence electrons. The molecule has 7 heteroatoms. The zero-order chi connectivity index (χ0) is 14.5. The molecule has 0 radical (unpaired) electrons. The number of hydrogen-bond acceptors (Lipinski definition) is 4. The first kappa shape index (κ1) is 23.2. The summed E-state index contributed by atoms with van der Waals surface area (Å²) in [5.74, 6) is -0.0680. The second-order valence-electron chi connectivity index (χ2n) is 6.56. The minimum absolute atomic E-state index is 0. The van der Waals surface area contributed by atoms with Gasteiger partial charge in [-0.25, -0.2) is 0 Å². The summed E-state index contributed by atoms with van der Waals surface area (Å²) >= 11 is 0. The maximum atomic E-state index is 11.8.